The third kappa shape index (κ3) is 5.73. The SMILES string of the molecule is CC(C)NC(=O)N1CCC[C@H](C(=O)NCC(C)(C)c2ccc(Br)cc2)C1. The highest BCUT2D eigenvalue weighted by molar-refractivity contribution is 9.10. The second-order valence-corrected chi connectivity index (χ2v) is 8.91. The lowest BCUT2D eigenvalue weighted by Crippen LogP contribution is -2.51. The zero-order chi connectivity index (χ0) is 19.3. The lowest BCUT2D eigenvalue weighted by molar-refractivity contribution is -0.126. The first-order chi connectivity index (χ1) is 12.2. The average Bonchev–Trinajstić information content (AvgIpc) is 2.59. The molecule has 5 nitrogen and oxygen atoms in total. The van der Waals surface area contributed by atoms with Gasteiger partial charge in [0.1, 0.15) is 0 Å². The number of nitrogens with one attached hydrogen (secondary N) is 2. The van der Waals surface area contributed by atoms with Crippen LogP contribution in [0.15, 0.2) is 28.7 Å². The van der Waals surface area contributed by atoms with Crippen molar-refractivity contribution in [2.75, 3.05) is 19.6 Å². The first-order valence-electron chi connectivity index (χ1n) is 9.28. The molecule has 0 aromatic heterocycles. The monoisotopic (exact) mass is 423 g/mol. The predicted octanol–water partition coefficient (Wildman–Crippen LogP) is 3.67. The maximum atomic E-state index is 12.6. The molecule has 1 aliphatic rings. The first kappa shape index (κ1) is 20.7. The van der Waals surface area contributed by atoms with Gasteiger partial charge in [0.25, 0.3) is 0 Å². The Labute approximate surface area is 165 Å². The van der Waals surface area contributed by atoms with Crippen LogP contribution in [-0.2, 0) is 10.2 Å². The van der Waals surface area contributed by atoms with Crippen LogP contribution in [0.4, 0.5) is 4.79 Å². The van der Waals surface area contributed by atoms with Gasteiger partial charge in [0, 0.05) is 35.6 Å². The molecule has 6 heteroatoms. The van der Waals surface area contributed by atoms with E-state index in [2.05, 4.69) is 52.5 Å². The largest absolute Gasteiger partial charge is 0.355 e. The fourth-order valence-corrected chi connectivity index (χ4v) is 3.43. The summed E-state index contributed by atoms with van der Waals surface area (Å²) in [5.74, 6) is -0.0976. The number of urea groups is 1. The zero-order valence-electron chi connectivity index (χ0n) is 16.1. The molecule has 1 heterocycles. The maximum Gasteiger partial charge on any atom is 0.317 e. The van der Waals surface area contributed by atoms with Gasteiger partial charge in [0.15, 0.2) is 0 Å². The average molecular weight is 424 g/mol. The molecule has 1 atom stereocenters. The van der Waals surface area contributed by atoms with Crippen molar-refractivity contribution in [1.82, 2.24) is 15.5 Å². The molecule has 1 fully saturated rings. The molecule has 2 N–H and O–H groups in total. The van der Waals surface area contributed by atoms with Crippen LogP contribution in [0.1, 0.15) is 46.1 Å². The van der Waals surface area contributed by atoms with E-state index in [-0.39, 0.29) is 29.3 Å². The Hall–Kier alpha value is -1.56. The van der Waals surface area contributed by atoms with E-state index in [4.69, 9.17) is 0 Å². The molecule has 0 spiro atoms. The second kappa shape index (κ2) is 8.89. The van der Waals surface area contributed by atoms with E-state index in [9.17, 15) is 9.59 Å². The molecule has 1 aromatic rings. The lowest BCUT2D eigenvalue weighted by atomic mass is 9.84. The summed E-state index contributed by atoms with van der Waals surface area (Å²) in [6.07, 6.45) is 1.69. The van der Waals surface area contributed by atoms with Crippen LogP contribution in [0, 0.1) is 5.92 Å². The highest BCUT2D eigenvalue weighted by Crippen LogP contribution is 2.24. The van der Waals surface area contributed by atoms with Crippen LogP contribution in [0.5, 0.6) is 0 Å². The first-order valence-corrected chi connectivity index (χ1v) is 10.1. The normalized spacial score (nSPS) is 17.9. The van der Waals surface area contributed by atoms with Gasteiger partial charge in [-0.25, -0.2) is 4.79 Å². The smallest absolute Gasteiger partial charge is 0.317 e. The Balaban J connectivity index is 1.90. The number of benzene rings is 1. The number of carbonyl (C=O) groups excluding carboxylic acids is 2. The molecule has 2 rings (SSSR count). The summed E-state index contributed by atoms with van der Waals surface area (Å²) in [6.45, 7) is 9.91. The Morgan fingerprint density at radius 3 is 2.54 bits per heavy atom. The van der Waals surface area contributed by atoms with Gasteiger partial charge in [-0.05, 0) is 44.4 Å². The number of likely N-dealkylation sites (tertiary alicyclic amines) is 1. The van der Waals surface area contributed by atoms with E-state index in [0.717, 1.165) is 17.3 Å². The summed E-state index contributed by atoms with van der Waals surface area (Å²) in [7, 11) is 0. The van der Waals surface area contributed by atoms with Crippen molar-refractivity contribution in [3.63, 3.8) is 0 Å². The minimum Gasteiger partial charge on any atom is -0.355 e. The number of hydrogen-bond donors (Lipinski definition) is 2. The fourth-order valence-electron chi connectivity index (χ4n) is 3.17. The van der Waals surface area contributed by atoms with Crippen molar-refractivity contribution in [2.24, 2.45) is 5.92 Å². The van der Waals surface area contributed by atoms with Gasteiger partial charge in [0.2, 0.25) is 5.91 Å². The van der Waals surface area contributed by atoms with Gasteiger partial charge in [-0.2, -0.15) is 0 Å². The maximum absolute atomic E-state index is 12.6. The third-order valence-electron chi connectivity index (χ3n) is 4.82. The zero-order valence-corrected chi connectivity index (χ0v) is 17.7. The Morgan fingerprint density at radius 2 is 1.92 bits per heavy atom. The standard InChI is InChI=1S/C20H30BrN3O2/c1-14(2)23-19(26)24-11-5-6-15(12-24)18(25)22-13-20(3,4)16-7-9-17(21)10-8-16/h7-10,14-15H,5-6,11-13H2,1-4H3,(H,22,25)(H,23,26)/t15-/m0/s1. The summed E-state index contributed by atoms with van der Waals surface area (Å²) < 4.78 is 1.04. The van der Waals surface area contributed by atoms with E-state index in [1.807, 2.05) is 26.0 Å². The van der Waals surface area contributed by atoms with Gasteiger partial charge in [-0.3, -0.25) is 4.79 Å². The van der Waals surface area contributed by atoms with Crippen LogP contribution in [0.3, 0.4) is 0 Å². The van der Waals surface area contributed by atoms with Crippen molar-refractivity contribution in [3.8, 4) is 0 Å². The number of hydrogen-bond acceptors (Lipinski definition) is 2. The molecule has 144 valence electrons. The van der Waals surface area contributed by atoms with E-state index in [1.165, 1.54) is 5.56 Å². The van der Waals surface area contributed by atoms with Crippen molar-refractivity contribution in [1.29, 1.82) is 0 Å². The van der Waals surface area contributed by atoms with Crippen molar-refractivity contribution < 1.29 is 9.59 Å². The summed E-state index contributed by atoms with van der Waals surface area (Å²) >= 11 is 3.45. The molecule has 1 saturated heterocycles. The van der Waals surface area contributed by atoms with Gasteiger partial charge in [-0.1, -0.05) is 41.9 Å². The number of halogens is 1. The predicted molar refractivity (Wildman–Crippen MR) is 108 cm³/mol. The summed E-state index contributed by atoms with van der Waals surface area (Å²) in [4.78, 5) is 26.6. The van der Waals surface area contributed by atoms with Crippen LogP contribution in [0.2, 0.25) is 0 Å². The molecule has 1 aliphatic heterocycles. The van der Waals surface area contributed by atoms with E-state index >= 15 is 0 Å². The topological polar surface area (TPSA) is 61.4 Å². The molecular weight excluding hydrogens is 394 g/mol. The van der Waals surface area contributed by atoms with Crippen molar-refractivity contribution in [3.05, 3.63) is 34.3 Å². The lowest BCUT2D eigenvalue weighted by Gasteiger charge is -2.33. The molecular formula is C20H30BrN3O2. The van der Waals surface area contributed by atoms with E-state index < -0.39 is 0 Å². The van der Waals surface area contributed by atoms with Crippen LogP contribution < -0.4 is 10.6 Å². The molecule has 3 amide bonds. The highest BCUT2D eigenvalue weighted by atomic mass is 79.9. The number of nitrogens with zero attached hydrogens (tertiary/aromatic N) is 1. The minimum atomic E-state index is -0.153. The van der Waals surface area contributed by atoms with E-state index in [0.29, 0.717) is 19.6 Å². The van der Waals surface area contributed by atoms with E-state index in [1.54, 1.807) is 4.90 Å². The number of rotatable bonds is 5. The molecule has 0 saturated carbocycles. The minimum absolute atomic E-state index is 0.0391. The Bertz CT molecular complexity index is 628. The highest BCUT2D eigenvalue weighted by Gasteiger charge is 2.30. The van der Waals surface area contributed by atoms with Crippen LogP contribution in [-0.4, -0.2) is 42.5 Å². The summed E-state index contributed by atoms with van der Waals surface area (Å²) in [6, 6.07) is 8.22. The van der Waals surface area contributed by atoms with Crippen molar-refractivity contribution in [2.45, 2.75) is 52.0 Å². The Kier molecular flexibility index (Phi) is 7.09. The van der Waals surface area contributed by atoms with Crippen LogP contribution in [0.25, 0.3) is 0 Å². The number of piperidine rings is 1. The number of amides is 3. The second-order valence-electron chi connectivity index (χ2n) is 8.00. The van der Waals surface area contributed by atoms with Crippen LogP contribution >= 0.6 is 15.9 Å². The van der Waals surface area contributed by atoms with Gasteiger partial charge >= 0.3 is 6.03 Å². The third-order valence-corrected chi connectivity index (χ3v) is 5.35. The molecule has 0 unspecified atom stereocenters. The summed E-state index contributed by atoms with van der Waals surface area (Å²) in [5.41, 5.74) is 1.03. The fraction of sp³-hybridized carbons (Fsp3) is 0.600. The molecule has 0 aliphatic carbocycles. The van der Waals surface area contributed by atoms with Crippen molar-refractivity contribution >= 4 is 27.9 Å². The molecule has 0 bridgehead atoms. The Morgan fingerprint density at radius 1 is 1.27 bits per heavy atom. The van der Waals surface area contributed by atoms with Gasteiger partial charge in [-0.15, -0.1) is 0 Å². The molecule has 0 radical (unpaired) electrons. The van der Waals surface area contributed by atoms with Gasteiger partial charge < -0.3 is 15.5 Å². The number of carbonyl (C=O) groups is 2. The summed E-state index contributed by atoms with van der Waals surface area (Å²) in [5, 5.41) is 6.00. The van der Waals surface area contributed by atoms with Gasteiger partial charge in [0.05, 0.1) is 5.92 Å². The molecule has 1 aromatic carbocycles. The quantitative estimate of drug-likeness (QED) is 0.758. The molecule has 26 heavy (non-hydrogen) atoms.